The van der Waals surface area contributed by atoms with Gasteiger partial charge in [-0.2, -0.15) is 22.6 Å². The number of aromatic nitrogens is 1. The molecule has 1 atom stereocenters. The van der Waals surface area contributed by atoms with E-state index >= 15 is 0 Å². The number of hydrogen-bond acceptors (Lipinski definition) is 5. The van der Waals surface area contributed by atoms with E-state index in [-0.39, 0.29) is 36.6 Å². The van der Waals surface area contributed by atoms with E-state index in [1.54, 1.807) is 0 Å². The second-order valence-corrected chi connectivity index (χ2v) is 7.70. The van der Waals surface area contributed by atoms with E-state index in [9.17, 15) is 31.9 Å². The fourth-order valence-corrected chi connectivity index (χ4v) is 3.81. The first kappa shape index (κ1) is 20.6. The van der Waals surface area contributed by atoms with Gasteiger partial charge >= 0.3 is 18.2 Å². The molecule has 0 unspecified atom stereocenters. The van der Waals surface area contributed by atoms with Crippen molar-refractivity contribution in [3.63, 3.8) is 0 Å². The van der Waals surface area contributed by atoms with Gasteiger partial charge in [0.2, 0.25) is 0 Å². The number of rotatable bonds is 2. The minimum atomic E-state index is -4.88. The molecule has 1 saturated heterocycles. The summed E-state index contributed by atoms with van der Waals surface area (Å²) in [6.07, 6.45) is -9.25. The van der Waals surface area contributed by atoms with Crippen LogP contribution in [0.15, 0.2) is 29.4 Å². The Morgan fingerprint density at radius 2 is 1.93 bits per heavy atom. The van der Waals surface area contributed by atoms with E-state index in [4.69, 9.17) is 0 Å². The van der Waals surface area contributed by atoms with Crippen molar-refractivity contribution in [2.45, 2.75) is 31.4 Å². The lowest BCUT2D eigenvalue weighted by Crippen LogP contribution is -2.52. The first-order valence-electron chi connectivity index (χ1n) is 8.67. The Bertz CT molecular complexity index is 1050. The van der Waals surface area contributed by atoms with Crippen molar-refractivity contribution in [3.05, 3.63) is 34.1 Å². The van der Waals surface area contributed by atoms with Gasteiger partial charge in [-0.05, 0) is 18.6 Å². The second kappa shape index (κ2) is 7.23. The molecule has 162 valence electrons. The first-order chi connectivity index (χ1) is 14.1. The van der Waals surface area contributed by atoms with Crippen molar-refractivity contribution in [2.75, 3.05) is 13.1 Å². The maximum Gasteiger partial charge on any atom is 0.507 e. The zero-order chi connectivity index (χ0) is 21.7. The molecule has 2 aromatic rings. The zero-order valence-electron chi connectivity index (χ0n) is 15.0. The van der Waals surface area contributed by atoms with Crippen LogP contribution in [0.3, 0.4) is 0 Å². The van der Waals surface area contributed by atoms with Crippen LogP contribution in [0.1, 0.15) is 11.3 Å². The molecule has 13 heteroatoms. The van der Waals surface area contributed by atoms with Gasteiger partial charge < -0.3 is 19.5 Å². The van der Waals surface area contributed by atoms with Gasteiger partial charge in [0.05, 0.1) is 23.7 Å². The Kier molecular flexibility index (Phi) is 4.97. The maximum atomic E-state index is 13.5. The third kappa shape index (κ3) is 3.62. The molecule has 0 radical (unpaired) electrons. The predicted octanol–water partition coefficient (Wildman–Crippen LogP) is 3.05. The molecule has 2 aliphatic rings. The number of carbonyl (C=O) groups is 1. The van der Waals surface area contributed by atoms with E-state index in [0.717, 1.165) is 23.5 Å². The third-order valence-corrected chi connectivity index (χ3v) is 5.44. The van der Waals surface area contributed by atoms with Gasteiger partial charge in [0.15, 0.2) is 16.3 Å². The number of hydrogen-bond donors (Lipinski definition) is 1. The smallest absolute Gasteiger partial charge is 0.421 e. The average Bonchev–Trinajstić information content (AvgIpc) is 3.28. The largest absolute Gasteiger partial charge is 0.507 e. The van der Waals surface area contributed by atoms with E-state index in [2.05, 4.69) is 14.5 Å². The van der Waals surface area contributed by atoms with E-state index < -0.39 is 35.9 Å². The van der Waals surface area contributed by atoms with Crippen LogP contribution in [0.25, 0.3) is 5.69 Å². The summed E-state index contributed by atoms with van der Waals surface area (Å²) in [4.78, 5) is 17.9. The SMILES string of the molecule is O=C(N=c1sc(CO)cn1-c1ccc2c(c1)OC(F)(F)C(F)(F)O2)N1CC[C@@H](F)C1. The molecule has 30 heavy (non-hydrogen) atoms. The van der Waals surface area contributed by atoms with E-state index in [0.29, 0.717) is 4.88 Å². The topological polar surface area (TPSA) is 76.3 Å². The van der Waals surface area contributed by atoms with Gasteiger partial charge in [0.25, 0.3) is 0 Å². The Morgan fingerprint density at radius 3 is 2.57 bits per heavy atom. The third-order valence-electron chi connectivity index (χ3n) is 4.47. The normalized spacial score (nSPS) is 22.4. The molecule has 1 aromatic carbocycles. The Hall–Kier alpha value is -2.67. The van der Waals surface area contributed by atoms with Gasteiger partial charge in [-0.25, -0.2) is 9.18 Å². The molecule has 1 fully saturated rings. The highest BCUT2D eigenvalue weighted by Gasteiger charge is 2.65. The zero-order valence-corrected chi connectivity index (χ0v) is 15.8. The summed E-state index contributed by atoms with van der Waals surface area (Å²) in [5.74, 6) is -1.22. The molecular weight excluding hydrogens is 437 g/mol. The lowest BCUT2D eigenvalue weighted by molar-refractivity contribution is -0.391. The average molecular weight is 451 g/mol. The van der Waals surface area contributed by atoms with Gasteiger partial charge in [-0.1, -0.05) is 11.3 Å². The minimum absolute atomic E-state index is 0.0696. The number of fused-ring (bicyclic) bond motifs is 1. The van der Waals surface area contributed by atoms with Gasteiger partial charge in [-0.3, -0.25) is 4.57 Å². The lowest BCUT2D eigenvalue weighted by atomic mass is 10.2. The number of aliphatic hydroxyl groups excluding tert-OH is 1. The Balaban J connectivity index is 1.72. The molecule has 7 nitrogen and oxygen atoms in total. The Labute approximate surface area is 169 Å². The van der Waals surface area contributed by atoms with Gasteiger partial charge in [-0.15, -0.1) is 0 Å². The number of carbonyl (C=O) groups excluding carboxylic acids is 1. The fourth-order valence-electron chi connectivity index (χ4n) is 2.98. The molecule has 0 aliphatic carbocycles. The second-order valence-electron chi connectivity index (χ2n) is 6.60. The van der Waals surface area contributed by atoms with Crippen molar-refractivity contribution in [2.24, 2.45) is 4.99 Å². The monoisotopic (exact) mass is 451 g/mol. The van der Waals surface area contributed by atoms with Crippen LogP contribution < -0.4 is 14.3 Å². The Morgan fingerprint density at radius 1 is 1.23 bits per heavy atom. The quantitative estimate of drug-likeness (QED) is 0.713. The van der Waals surface area contributed by atoms with Crippen LogP contribution in [0.4, 0.5) is 26.7 Å². The molecular formula is C17H14F5N3O4S. The molecule has 0 spiro atoms. The van der Waals surface area contributed by atoms with Crippen LogP contribution in [-0.2, 0) is 6.61 Å². The number of aliphatic hydroxyl groups is 1. The molecule has 1 aromatic heterocycles. The highest BCUT2D eigenvalue weighted by molar-refractivity contribution is 7.09. The molecule has 0 saturated carbocycles. The van der Waals surface area contributed by atoms with Crippen LogP contribution in [0.2, 0.25) is 0 Å². The highest BCUT2D eigenvalue weighted by atomic mass is 32.1. The van der Waals surface area contributed by atoms with Gasteiger partial charge in [0, 0.05) is 18.8 Å². The fraction of sp³-hybridized carbons (Fsp3) is 0.412. The molecule has 2 aliphatic heterocycles. The summed E-state index contributed by atoms with van der Waals surface area (Å²) < 4.78 is 76.4. The van der Waals surface area contributed by atoms with Crippen LogP contribution in [-0.4, -0.2) is 52.1 Å². The van der Waals surface area contributed by atoms with Crippen molar-refractivity contribution in [1.82, 2.24) is 9.47 Å². The summed E-state index contributed by atoms with van der Waals surface area (Å²) >= 11 is 0.944. The van der Waals surface area contributed by atoms with Gasteiger partial charge in [0.1, 0.15) is 6.17 Å². The molecule has 1 N–H and O–H groups in total. The maximum absolute atomic E-state index is 13.5. The number of urea groups is 1. The minimum Gasteiger partial charge on any atom is -0.421 e. The van der Waals surface area contributed by atoms with Crippen LogP contribution in [0.5, 0.6) is 11.5 Å². The molecule has 3 heterocycles. The van der Waals surface area contributed by atoms with Crippen molar-refractivity contribution in [1.29, 1.82) is 0 Å². The van der Waals surface area contributed by atoms with Crippen molar-refractivity contribution in [3.8, 4) is 17.2 Å². The standard InChI is InChI=1S/C17H14F5N3O4S/c18-9-3-4-24(6-9)14(27)23-15-25(7-11(8-26)30-15)10-1-2-12-13(5-10)29-17(21,22)16(19,20)28-12/h1-2,5,7,9,26H,3-4,6,8H2/t9-/m1/s1. The first-order valence-corrected chi connectivity index (χ1v) is 9.49. The number of alkyl halides is 5. The molecule has 0 bridgehead atoms. The summed E-state index contributed by atoms with van der Waals surface area (Å²) in [5, 5.41) is 9.40. The number of likely N-dealkylation sites (tertiary alicyclic amines) is 1. The van der Waals surface area contributed by atoms with Crippen LogP contribution >= 0.6 is 11.3 Å². The van der Waals surface area contributed by atoms with E-state index in [1.807, 2.05) is 0 Å². The number of ether oxygens (including phenoxy) is 2. The van der Waals surface area contributed by atoms with E-state index in [1.165, 1.54) is 21.7 Å². The summed E-state index contributed by atoms with van der Waals surface area (Å²) in [5.41, 5.74) is 0.144. The number of benzene rings is 1. The van der Waals surface area contributed by atoms with Crippen LogP contribution in [0, 0.1) is 0 Å². The predicted molar refractivity (Wildman–Crippen MR) is 92.8 cm³/mol. The lowest BCUT2D eigenvalue weighted by Gasteiger charge is -2.31. The molecule has 4 rings (SSSR count). The summed E-state index contributed by atoms with van der Waals surface area (Å²) in [6.45, 7) is -0.275. The number of thiazole rings is 1. The van der Waals surface area contributed by atoms with Crippen molar-refractivity contribution < 1.29 is 41.3 Å². The number of halogens is 5. The summed E-state index contributed by atoms with van der Waals surface area (Å²) in [6, 6.07) is 2.60. The highest BCUT2D eigenvalue weighted by Crippen LogP contribution is 2.47. The number of amides is 2. The summed E-state index contributed by atoms with van der Waals surface area (Å²) in [7, 11) is 0. The number of nitrogens with zero attached hydrogens (tertiary/aromatic N) is 3. The molecule has 2 amide bonds. The van der Waals surface area contributed by atoms with Crippen molar-refractivity contribution >= 4 is 17.4 Å².